The molecule has 3 N–H and O–H groups in total. The van der Waals surface area contributed by atoms with E-state index in [0.717, 1.165) is 0 Å². The van der Waals surface area contributed by atoms with Gasteiger partial charge in [0.05, 0.1) is 28.8 Å². The van der Waals surface area contributed by atoms with Crippen LogP contribution in [0.3, 0.4) is 0 Å². The number of fused-ring (bicyclic) bond motifs is 5. The molecule has 2 bridgehead atoms. The van der Waals surface area contributed by atoms with E-state index in [2.05, 4.69) is 11.9 Å². The molecule has 414 valence electrons. The van der Waals surface area contributed by atoms with Gasteiger partial charge in [-0.1, -0.05) is 130 Å². The number of nitrogens with one attached hydrogen (secondary N) is 1. The van der Waals surface area contributed by atoms with Gasteiger partial charge in [-0.2, -0.15) is 0 Å². The molecule has 4 aromatic carbocycles. The Bertz CT molecular complexity index is 2900. The van der Waals surface area contributed by atoms with Crippen LogP contribution in [0.25, 0.3) is 0 Å². The topological polar surface area (TPSA) is 229 Å². The Balaban J connectivity index is 1.30. The fraction of sp³-hybridized carbons (Fsp3) is 0.443. The molecule has 0 spiro atoms. The zero-order valence-corrected chi connectivity index (χ0v) is 45.2. The summed E-state index contributed by atoms with van der Waals surface area (Å²) in [6.45, 7) is 16.3. The summed E-state index contributed by atoms with van der Waals surface area (Å²) < 4.78 is 48.7. The van der Waals surface area contributed by atoms with Crippen LogP contribution in [-0.4, -0.2) is 93.7 Å². The maximum absolute atomic E-state index is 16.2. The van der Waals surface area contributed by atoms with Crippen LogP contribution in [-0.2, 0) is 60.7 Å². The van der Waals surface area contributed by atoms with Crippen LogP contribution in [0.15, 0.2) is 145 Å². The molecule has 0 aliphatic heterocycles. The Morgan fingerprint density at radius 1 is 0.782 bits per heavy atom. The zero-order chi connectivity index (χ0) is 56.4. The number of carbonyl (C=O) groups is 6. The number of rotatable bonds is 15. The summed E-state index contributed by atoms with van der Waals surface area (Å²) in [6.07, 6.45) is -12.1. The van der Waals surface area contributed by atoms with E-state index < -0.39 is 119 Å². The van der Waals surface area contributed by atoms with Gasteiger partial charge < -0.3 is 53.4 Å². The Morgan fingerprint density at radius 2 is 1.33 bits per heavy atom. The molecule has 0 radical (unpaired) electrons. The van der Waals surface area contributed by atoms with Crippen LogP contribution < -0.4 is 5.32 Å². The third kappa shape index (κ3) is 11.3. The fourth-order valence-electron chi connectivity index (χ4n) is 12.0. The third-order valence-electron chi connectivity index (χ3n) is 16.0. The highest BCUT2D eigenvalue weighted by atomic mass is 16.7. The number of ether oxygens (including phenoxy) is 8. The van der Waals surface area contributed by atoms with Gasteiger partial charge in [0.25, 0.3) is 0 Å². The van der Waals surface area contributed by atoms with Crippen LogP contribution in [0, 0.1) is 22.7 Å². The number of alkyl carbamates (subject to hydrolysis) is 1. The molecule has 17 heteroatoms. The Hall–Kier alpha value is -7.50. The summed E-state index contributed by atoms with van der Waals surface area (Å²) in [5, 5.41) is 29.5. The first-order valence-electron chi connectivity index (χ1n) is 26.2. The molecule has 78 heavy (non-hydrogen) atoms. The normalized spacial score (nSPS) is 27.7. The molecule has 0 aromatic heterocycles. The molecule has 4 aliphatic carbocycles. The average Bonchev–Trinajstić information content (AvgIpc) is 3.03. The predicted octanol–water partition coefficient (Wildman–Crippen LogP) is 9.98. The van der Waals surface area contributed by atoms with Crippen molar-refractivity contribution in [3.8, 4) is 0 Å². The van der Waals surface area contributed by atoms with E-state index in [1.54, 1.807) is 151 Å². The van der Waals surface area contributed by atoms with Gasteiger partial charge in [0.2, 0.25) is 6.10 Å². The number of amides is 1. The van der Waals surface area contributed by atoms with Crippen LogP contribution >= 0.6 is 0 Å². The van der Waals surface area contributed by atoms with E-state index in [1.165, 1.54) is 26.0 Å². The number of ketones is 1. The SMILES string of the molecule is C=C(C)OC12CCC1CC(O)C1(C)C(=O)C(OC(=O)OCc3ccccc3)C3=C(C)C(OC(=O)C(OC(=O)OCc4ccccc4)C(NC(=O)OC(C)(C)C)c4ccccc4)CC(O)(C(OC(=O)c4ccccc4)C21)C3(C)C. The summed E-state index contributed by atoms with van der Waals surface area (Å²) in [6, 6.07) is 32.1. The first-order valence-corrected chi connectivity index (χ1v) is 26.2. The van der Waals surface area contributed by atoms with Crippen molar-refractivity contribution in [1.82, 2.24) is 5.32 Å². The summed E-state index contributed by atoms with van der Waals surface area (Å²) in [5.74, 6) is -4.58. The van der Waals surface area contributed by atoms with Crippen molar-refractivity contribution in [3.05, 3.63) is 167 Å². The molecule has 4 aliphatic rings. The van der Waals surface area contributed by atoms with Gasteiger partial charge in [0.1, 0.15) is 48.3 Å². The molecule has 17 nitrogen and oxygen atoms in total. The number of benzene rings is 4. The first kappa shape index (κ1) is 56.7. The van der Waals surface area contributed by atoms with Crippen molar-refractivity contribution in [1.29, 1.82) is 0 Å². The molecular formula is C61H69NO16. The van der Waals surface area contributed by atoms with Crippen molar-refractivity contribution in [3.63, 3.8) is 0 Å². The molecule has 11 unspecified atom stereocenters. The van der Waals surface area contributed by atoms with E-state index in [4.69, 9.17) is 37.9 Å². The number of aliphatic hydroxyl groups is 2. The van der Waals surface area contributed by atoms with Crippen LogP contribution in [0.1, 0.15) is 114 Å². The molecular weight excluding hydrogens is 1000 g/mol. The van der Waals surface area contributed by atoms with E-state index in [0.29, 0.717) is 17.5 Å². The largest absolute Gasteiger partial charge is 0.509 e. The Morgan fingerprint density at radius 3 is 1.87 bits per heavy atom. The lowest BCUT2D eigenvalue weighted by atomic mass is 9.41. The number of hydrogen-bond donors (Lipinski definition) is 3. The maximum Gasteiger partial charge on any atom is 0.509 e. The van der Waals surface area contributed by atoms with E-state index in [1.807, 2.05) is 0 Å². The quantitative estimate of drug-likeness (QED) is 0.0435. The minimum absolute atomic E-state index is 0.0473. The minimum atomic E-state index is -2.42. The standard InChI is InChI=1S/C61H69NO16/c1-36(2)77-60-31-30-42(60)32-44(63)59(9)49(60)51(76-52(65)41-28-20-13-21-29-41)61(70)33-43(37(3)45(58(61,7)8)47(50(59)64)74-55(68)71-34-38-22-14-10-15-23-38)73-53(66)48(75-56(69)72-35-39-24-16-11-17-25-39)46(40-26-18-12-19-27-40)62-54(67)78-57(4,5)6/h10-29,42-44,46-49,51,63,70H,1,30-35H2,2-9H3,(H,62,67). The Labute approximate surface area is 454 Å². The number of aliphatic hydroxyl groups excluding tert-OH is 1. The highest BCUT2D eigenvalue weighted by Gasteiger charge is 2.77. The van der Waals surface area contributed by atoms with Crippen LogP contribution in [0.5, 0.6) is 0 Å². The lowest BCUT2D eigenvalue weighted by Gasteiger charge is -2.68. The molecule has 4 aromatic rings. The molecule has 0 saturated heterocycles. The van der Waals surface area contributed by atoms with Gasteiger partial charge in [-0.3, -0.25) is 4.79 Å². The lowest BCUT2D eigenvalue weighted by Crippen LogP contribution is -2.78. The van der Waals surface area contributed by atoms with E-state index >= 15 is 9.59 Å². The van der Waals surface area contributed by atoms with E-state index in [9.17, 15) is 29.4 Å². The number of allylic oxidation sites excluding steroid dienone is 1. The number of esters is 2. The lowest BCUT2D eigenvalue weighted by molar-refractivity contribution is -0.295. The van der Waals surface area contributed by atoms with Crippen molar-refractivity contribution in [2.45, 2.75) is 148 Å². The van der Waals surface area contributed by atoms with Gasteiger partial charge in [0, 0.05) is 17.8 Å². The molecule has 0 heterocycles. The highest BCUT2D eigenvalue weighted by Crippen LogP contribution is 2.67. The van der Waals surface area contributed by atoms with Crippen molar-refractivity contribution < 1.29 is 76.9 Å². The monoisotopic (exact) mass is 1070 g/mol. The van der Waals surface area contributed by atoms with Gasteiger partial charge in [0.15, 0.2) is 11.9 Å². The third-order valence-corrected chi connectivity index (χ3v) is 16.0. The molecule has 1 amide bonds. The van der Waals surface area contributed by atoms with Crippen molar-refractivity contribution in [2.75, 3.05) is 0 Å². The second-order valence-electron chi connectivity index (χ2n) is 22.5. The number of hydrogen-bond acceptors (Lipinski definition) is 16. The second kappa shape index (κ2) is 22.5. The number of carbonyl (C=O) groups excluding carboxylic acids is 6. The predicted molar refractivity (Wildman–Crippen MR) is 282 cm³/mol. The summed E-state index contributed by atoms with van der Waals surface area (Å²) in [4.78, 5) is 88.0. The molecule has 3 saturated carbocycles. The average molecular weight is 1070 g/mol. The molecule has 11 atom stereocenters. The molecule has 8 rings (SSSR count). The summed E-state index contributed by atoms with van der Waals surface area (Å²) >= 11 is 0. The second-order valence-corrected chi connectivity index (χ2v) is 22.5. The van der Waals surface area contributed by atoms with E-state index in [-0.39, 0.29) is 54.1 Å². The van der Waals surface area contributed by atoms with Gasteiger partial charge in [-0.05, 0) is 101 Å². The minimum Gasteiger partial charge on any atom is -0.492 e. The summed E-state index contributed by atoms with van der Waals surface area (Å²) in [5.41, 5.74) is -6.94. The zero-order valence-electron chi connectivity index (χ0n) is 45.2. The van der Waals surface area contributed by atoms with Crippen molar-refractivity contribution >= 4 is 36.1 Å². The fourth-order valence-corrected chi connectivity index (χ4v) is 12.0. The first-order chi connectivity index (χ1) is 36.9. The van der Waals surface area contributed by atoms with Gasteiger partial charge >= 0.3 is 30.3 Å². The van der Waals surface area contributed by atoms with Crippen LogP contribution in [0.4, 0.5) is 14.4 Å². The van der Waals surface area contributed by atoms with Crippen LogP contribution in [0.2, 0.25) is 0 Å². The number of Topliss-reactive ketones (excluding diaryl/α,β-unsaturated/α-hetero) is 1. The Kier molecular flexibility index (Phi) is 16.3. The van der Waals surface area contributed by atoms with Gasteiger partial charge in [-0.15, -0.1) is 0 Å². The van der Waals surface area contributed by atoms with Crippen molar-refractivity contribution in [2.24, 2.45) is 22.7 Å². The molecule has 3 fully saturated rings. The smallest absolute Gasteiger partial charge is 0.492 e. The van der Waals surface area contributed by atoms with Gasteiger partial charge in [-0.25, -0.2) is 24.0 Å². The highest BCUT2D eigenvalue weighted by molar-refractivity contribution is 5.95. The maximum atomic E-state index is 16.2. The summed E-state index contributed by atoms with van der Waals surface area (Å²) in [7, 11) is 0.